The van der Waals surface area contributed by atoms with Crippen molar-refractivity contribution in [2.45, 2.75) is 0 Å². The maximum Gasteiger partial charge on any atom is 0.167 e. The molecule has 286 valence electrons. The molecule has 0 amide bonds. The molecule has 0 atom stereocenters. The Morgan fingerprint density at radius 1 is 0.246 bits per heavy atom. The highest BCUT2D eigenvalue weighted by atomic mass is 16.3. The summed E-state index contributed by atoms with van der Waals surface area (Å²) in [4.78, 5) is 15.7. The summed E-state index contributed by atoms with van der Waals surface area (Å²) in [6.07, 6.45) is 0. The van der Waals surface area contributed by atoms with Gasteiger partial charge in [-0.05, 0) is 74.3 Å². The number of hydrogen-bond donors (Lipinski definition) is 0. The third kappa shape index (κ3) is 6.86. The van der Waals surface area contributed by atoms with E-state index >= 15 is 0 Å². The lowest BCUT2D eigenvalue weighted by Gasteiger charge is -2.12. The van der Waals surface area contributed by atoms with Crippen LogP contribution < -0.4 is 0 Å². The maximum atomic E-state index is 7.21. The topological polar surface area (TPSA) is 51.8 Å². The molecule has 0 aliphatic heterocycles. The normalized spacial score (nSPS) is 11.3. The fraction of sp³-hybridized carbons (Fsp3) is 0. The lowest BCUT2D eigenvalue weighted by Crippen LogP contribution is -2.00. The van der Waals surface area contributed by atoms with Crippen molar-refractivity contribution < 1.29 is 4.42 Å². The van der Waals surface area contributed by atoms with Gasteiger partial charge in [-0.3, -0.25) is 0 Å². The van der Waals surface area contributed by atoms with Crippen LogP contribution in [0.4, 0.5) is 0 Å². The summed E-state index contributed by atoms with van der Waals surface area (Å²) in [5.41, 5.74) is 15.1. The molecule has 0 aliphatic rings. The molecule has 0 bridgehead atoms. The van der Waals surface area contributed by atoms with Gasteiger partial charge in [0.05, 0.1) is 5.56 Å². The first-order valence-electron chi connectivity index (χ1n) is 20.5. The highest BCUT2D eigenvalue weighted by molar-refractivity contribution is 6.19. The number of aromatic nitrogens is 3. The largest absolute Gasteiger partial charge is 0.455 e. The molecule has 0 saturated carbocycles. The van der Waals surface area contributed by atoms with Crippen molar-refractivity contribution in [3.63, 3.8) is 0 Å². The Morgan fingerprint density at radius 2 is 0.672 bits per heavy atom. The van der Waals surface area contributed by atoms with Crippen LogP contribution in [0.5, 0.6) is 0 Å². The van der Waals surface area contributed by atoms with Crippen LogP contribution in [0.25, 0.3) is 112 Å². The molecule has 2 heterocycles. The number of rotatable bonds is 8. The number of nitrogens with zero attached hydrogens (tertiary/aromatic N) is 3. The van der Waals surface area contributed by atoms with Crippen LogP contribution >= 0.6 is 0 Å². The minimum atomic E-state index is 0.533. The third-order valence-corrected chi connectivity index (χ3v) is 11.4. The van der Waals surface area contributed by atoms with E-state index < -0.39 is 0 Å². The molecular weight excluding hydrogens is 743 g/mol. The van der Waals surface area contributed by atoms with Gasteiger partial charge in [-0.15, -0.1) is 0 Å². The number of furan rings is 1. The molecule has 0 unspecified atom stereocenters. The molecule has 61 heavy (non-hydrogen) atoms. The van der Waals surface area contributed by atoms with Crippen molar-refractivity contribution in [2.75, 3.05) is 0 Å². The Bertz CT molecular complexity index is 3310. The Balaban J connectivity index is 1.17. The molecule has 0 radical (unpaired) electrons. The zero-order valence-electron chi connectivity index (χ0n) is 33.1. The molecule has 0 N–H and O–H groups in total. The van der Waals surface area contributed by atoms with E-state index in [0.29, 0.717) is 17.5 Å². The molecule has 0 fully saturated rings. The lowest BCUT2D eigenvalue weighted by atomic mass is 9.92. The van der Waals surface area contributed by atoms with Gasteiger partial charge < -0.3 is 4.42 Å². The molecule has 9 aromatic carbocycles. The molecular formula is C57H37N3O. The van der Waals surface area contributed by atoms with Crippen LogP contribution in [0.3, 0.4) is 0 Å². The number of benzene rings is 9. The second-order valence-corrected chi connectivity index (χ2v) is 15.2. The van der Waals surface area contributed by atoms with Gasteiger partial charge in [-0.2, -0.15) is 0 Å². The quantitative estimate of drug-likeness (QED) is 0.154. The van der Waals surface area contributed by atoms with E-state index in [1.807, 2.05) is 18.2 Å². The molecule has 2 aromatic heterocycles. The van der Waals surface area contributed by atoms with E-state index in [9.17, 15) is 0 Å². The summed E-state index contributed by atoms with van der Waals surface area (Å²) in [5, 5.41) is 2.04. The summed E-state index contributed by atoms with van der Waals surface area (Å²) in [5.74, 6) is 1.69. The molecule has 4 heteroatoms. The first-order chi connectivity index (χ1) is 30.2. The van der Waals surface area contributed by atoms with Gasteiger partial charge in [0, 0.05) is 27.5 Å². The van der Waals surface area contributed by atoms with Crippen molar-refractivity contribution in [3.05, 3.63) is 224 Å². The zero-order valence-corrected chi connectivity index (χ0v) is 33.1. The van der Waals surface area contributed by atoms with Gasteiger partial charge in [-0.1, -0.05) is 200 Å². The average molecular weight is 780 g/mol. The highest BCUT2D eigenvalue weighted by Gasteiger charge is 2.23. The van der Waals surface area contributed by atoms with Crippen molar-refractivity contribution in [2.24, 2.45) is 0 Å². The van der Waals surface area contributed by atoms with Gasteiger partial charge in [-0.25, -0.2) is 15.0 Å². The highest BCUT2D eigenvalue weighted by Crippen LogP contribution is 2.46. The van der Waals surface area contributed by atoms with E-state index in [2.05, 4.69) is 206 Å². The fourth-order valence-electron chi connectivity index (χ4n) is 8.31. The monoisotopic (exact) mass is 779 g/mol. The second-order valence-electron chi connectivity index (χ2n) is 15.2. The smallest absolute Gasteiger partial charge is 0.167 e. The van der Waals surface area contributed by atoms with Crippen molar-refractivity contribution in [1.29, 1.82) is 0 Å². The Kier molecular flexibility index (Phi) is 9.14. The first kappa shape index (κ1) is 35.9. The van der Waals surface area contributed by atoms with Gasteiger partial charge in [0.25, 0.3) is 0 Å². The molecule has 11 aromatic rings. The first-order valence-corrected chi connectivity index (χ1v) is 20.5. The van der Waals surface area contributed by atoms with Crippen LogP contribution in [0, 0.1) is 0 Å². The van der Waals surface area contributed by atoms with Crippen LogP contribution in [0.1, 0.15) is 0 Å². The van der Waals surface area contributed by atoms with Gasteiger partial charge in [0.15, 0.2) is 17.5 Å². The fourth-order valence-corrected chi connectivity index (χ4v) is 8.31. The van der Waals surface area contributed by atoms with Gasteiger partial charge in [0.1, 0.15) is 11.2 Å². The van der Waals surface area contributed by atoms with Crippen LogP contribution in [-0.4, -0.2) is 15.0 Å². The SMILES string of the molecule is c1ccc(-c2ccc(-c3nc(-c4cccc(-c5ccccc5)c4)nc(-c4ccc(-c5ccccc5)c5c4oc4c(-c6ccccc6)cc(-c6ccccc6)cc45)n3)cc2)cc1. The van der Waals surface area contributed by atoms with Gasteiger partial charge >= 0.3 is 0 Å². The van der Waals surface area contributed by atoms with Crippen molar-refractivity contribution in [3.8, 4) is 89.8 Å². The van der Waals surface area contributed by atoms with E-state index in [1.54, 1.807) is 0 Å². The minimum absolute atomic E-state index is 0.533. The van der Waals surface area contributed by atoms with E-state index in [4.69, 9.17) is 19.4 Å². The molecule has 0 saturated heterocycles. The summed E-state index contributed by atoms with van der Waals surface area (Å²) in [6, 6.07) is 78.1. The number of hydrogen-bond acceptors (Lipinski definition) is 4. The Labute approximate surface area is 354 Å². The van der Waals surface area contributed by atoms with Crippen LogP contribution in [0.15, 0.2) is 229 Å². The standard InChI is InChI=1S/C57H37N3O/c1-6-17-38(18-7-1)41-29-31-44(32-30-41)55-58-56(46-28-16-27-45(35-46)39-19-8-2-9-20-39)60-57(59-55)49-34-33-48(42-23-12-4-13-24-42)52-51-37-47(40-21-10-3-11-22-40)36-50(53(51)61-54(49)52)43-25-14-5-15-26-43/h1-37H. The molecule has 0 spiro atoms. The van der Waals surface area contributed by atoms with E-state index in [1.165, 1.54) is 0 Å². The summed E-state index contributed by atoms with van der Waals surface area (Å²) < 4.78 is 7.21. The Morgan fingerprint density at radius 3 is 1.28 bits per heavy atom. The number of fused-ring (bicyclic) bond motifs is 3. The molecule has 4 nitrogen and oxygen atoms in total. The maximum absolute atomic E-state index is 7.21. The third-order valence-electron chi connectivity index (χ3n) is 11.4. The average Bonchev–Trinajstić information content (AvgIpc) is 3.74. The van der Waals surface area contributed by atoms with E-state index in [0.717, 1.165) is 94.3 Å². The second kappa shape index (κ2) is 15.5. The molecule has 11 rings (SSSR count). The van der Waals surface area contributed by atoms with E-state index in [-0.39, 0.29) is 0 Å². The van der Waals surface area contributed by atoms with Crippen LogP contribution in [-0.2, 0) is 0 Å². The van der Waals surface area contributed by atoms with Gasteiger partial charge in [0.2, 0.25) is 0 Å². The van der Waals surface area contributed by atoms with Crippen molar-refractivity contribution >= 4 is 21.9 Å². The van der Waals surface area contributed by atoms with Crippen LogP contribution in [0.2, 0.25) is 0 Å². The Hall–Kier alpha value is -8.21. The lowest BCUT2D eigenvalue weighted by molar-refractivity contribution is 0.670. The predicted octanol–water partition coefficient (Wildman–Crippen LogP) is 15.1. The zero-order chi connectivity index (χ0) is 40.5. The summed E-state index contributed by atoms with van der Waals surface area (Å²) in [7, 11) is 0. The predicted molar refractivity (Wildman–Crippen MR) is 251 cm³/mol. The summed E-state index contributed by atoms with van der Waals surface area (Å²) >= 11 is 0. The minimum Gasteiger partial charge on any atom is -0.455 e. The molecule has 0 aliphatic carbocycles. The van der Waals surface area contributed by atoms with Crippen molar-refractivity contribution in [1.82, 2.24) is 15.0 Å². The summed E-state index contributed by atoms with van der Waals surface area (Å²) in [6.45, 7) is 0.